The van der Waals surface area contributed by atoms with Crippen LogP contribution in [-0.2, 0) is 14.3 Å². The zero-order valence-electron chi connectivity index (χ0n) is 17.0. The highest BCUT2D eigenvalue weighted by Gasteiger charge is 2.23. The Labute approximate surface area is 179 Å². The van der Waals surface area contributed by atoms with Crippen LogP contribution in [0.2, 0.25) is 0 Å². The van der Waals surface area contributed by atoms with Crippen molar-refractivity contribution >= 4 is 35.3 Å². The molecule has 2 aromatic rings. The standard InChI is InChI=1S/C22H23N3O6/c1-2-30-22(29)25-18-8-4-6-15(12-18)21(28)31-13-19(26)23-17-7-3-5-14(11-17)20(27)24-16-9-10-16/h3-8,11-12,16H,2,9-10,13H2,1H3,(H,23,26)(H,24,27)(H,25,29). The number of hydrogen-bond acceptors (Lipinski definition) is 6. The molecular weight excluding hydrogens is 402 g/mol. The maximum atomic E-state index is 12.2. The fourth-order valence-electron chi connectivity index (χ4n) is 2.66. The quantitative estimate of drug-likeness (QED) is 0.559. The van der Waals surface area contributed by atoms with Crippen molar-refractivity contribution in [2.75, 3.05) is 23.8 Å². The highest BCUT2D eigenvalue weighted by Crippen LogP contribution is 2.20. The van der Waals surface area contributed by atoms with E-state index in [0.717, 1.165) is 12.8 Å². The number of carbonyl (C=O) groups excluding carboxylic acids is 4. The number of ether oxygens (including phenoxy) is 2. The third-order valence-electron chi connectivity index (χ3n) is 4.28. The molecule has 9 heteroatoms. The summed E-state index contributed by atoms with van der Waals surface area (Å²) in [6.45, 7) is 1.39. The Kier molecular flexibility index (Phi) is 7.21. The Balaban J connectivity index is 1.51. The Morgan fingerprint density at radius 3 is 2.23 bits per heavy atom. The van der Waals surface area contributed by atoms with Crippen LogP contribution in [0, 0.1) is 0 Å². The predicted octanol–water partition coefficient (Wildman–Crippen LogP) is 2.94. The highest BCUT2D eigenvalue weighted by molar-refractivity contribution is 5.99. The van der Waals surface area contributed by atoms with Crippen LogP contribution in [0.5, 0.6) is 0 Å². The smallest absolute Gasteiger partial charge is 0.411 e. The largest absolute Gasteiger partial charge is 0.452 e. The van der Waals surface area contributed by atoms with E-state index in [1.165, 1.54) is 12.1 Å². The number of hydrogen-bond donors (Lipinski definition) is 3. The summed E-state index contributed by atoms with van der Waals surface area (Å²) in [4.78, 5) is 47.9. The number of nitrogens with one attached hydrogen (secondary N) is 3. The highest BCUT2D eigenvalue weighted by atomic mass is 16.5. The fourth-order valence-corrected chi connectivity index (χ4v) is 2.66. The van der Waals surface area contributed by atoms with E-state index < -0.39 is 24.6 Å². The number of benzene rings is 2. The van der Waals surface area contributed by atoms with Crippen LogP contribution >= 0.6 is 0 Å². The van der Waals surface area contributed by atoms with Crippen LogP contribution in [0.4, 0.5) is 16.2 Å². The van der Waals surface area contributed by atoms with Gasteiger partial charge >= 0.3 is 12.1 Å². The summed E-state index contributed by atoms with van der Waals surface area (Å²) in [5, 5.41) is 7.96. The van der Waals surface area contributed by atoms with Crippen LogP contribution < -0.4 is 16.0 Å². The Bertz CT molecular complexity index is 987. The zero-order chi connectivity index (χ0) is 22.2. The van der Waals surface area contributed by atoms with Crippen molar-refractivity contribution in [3.8, 4) is 0 Å². The van der Waals surface area contributed by atoms with Crippen molar-refractivity contribution in [1.29, 1.82) is 0 Å². The fraction of sp³-hybridized carbons (Fsp3) is 0.273. The van der Waals surface area contributed by atoms with Crippen molar-refractivity contribution in [2.45, 2.75) is 25.8 Å². The van der Waals surface area contributed by atoms with Crippen LogP contribution in [0.25, 0.3) is 0 Å². The molecule has 9 nitrogen and oxygen atoms in total. The molecule has 1 aliphatic rings. The first-order valence-corrected chi connectivity index (χ1v) is 9.86. The Morgan fingerprint density at radius 1 is 0.903 bits per heavy atom. The number of amides is 3. The zero-order valence-corrected chi connectivity index (χ0v) is 17.0. The third kappa shape index (κ3) is 6.84. The van der Waals surface area contributed by atoms with E-state index in [-0.39, 0.29) is 24.1 Å². The van der Waals surface area contributed by atoms with Crippen LogP contribution in [0.1, 0.15) is 40.5 Å². The van der Waals surface area contributed by atoms with Crippen molar-refractivity contribution in [2.24, 2.45) is 0 Å². The molecule has 1 fully saturated rings. The lowest BCUT2D eigenvalue weighted by Gasteiger charge is -2.09. The number of carbonyl (C=O) groups is 4. The second kappa shape index (κ2) is 10.2. The van der Waals surface area contributed by atoms with Gasteiger partial charge < -0.3 is 20.1 Å². The molecule has 0 unspecified atom stereocenters. The molecule has 1 saturated carbocycles. The minimum Gasteiger partial charge on any atom is -0.452 e. The van der Waals surface area contributed by atoms with Gasteiger partial charge in [-0.15, -0.1) is 0 Å². The Morgan fingerprint density at radius 2 is 1.55 bits per heavy atom. The van der Waals surface area contributed by atoms with Gasteiger partial charge in [0.15, 0.2) is 6.61 Å². The first-order chi connectivity index (χ1) is 14.9. The van der Waals surface area contributed by atoms with Gasteiger partial charge in [0.1, 0.15) is 0 Å². The number of esters is 1. The van der Waals surface area contributed by atoms with Gasteiger partial charge in [-0.25, -0.2) is 9.59 Å². The first-order valence-electron chi connectivity index (χ1n) is 9.86. The predicted molar refractivity (Wildman–Crippen MR) is 113 cm³/mol. The van der Waals surface area contributed by atoms with Gasteiger partial charge in [0.05, 0.1) is 12.2 Å². The van der Waals surface area contributed by atoms with E-state index in [1.807, 2.05) is 0 Å². The first kappa shape index (κ1) is 21.8. The second-order valence-electron chi connectivity index (χ2n) is 6.88. The van der Waals surface area contributed by atoms with Crippen LogP contribution in [-0.4, -0.2) is 43.1 Å². The van der Waals surface area contributed by atoms with Crippen LogP contribution in [0.15, 0.2) is 48.5 Å². The van der Waals surface area contributed by atoms with E-state index in [1.54, 1.807) is 43.3 Å². The van der Waals surface area contributed by atoms with E-state index in [4.69, 9.17) is 9.47 Å². The molecule has 0 atom stereocenters. The molecule has 3 rings (SSSR count). The maximum absolute atomic E-state index is 12.2. The summed E-state index contributed by atoms with van der Waals surface area (Å²) < 4.78 is 9.82. The maximum Gasteiger partial charge on any atom is 0.411 e. The number of rotatable bonds is 8. The van der Waals surface area contributed by atoms with Gasteiger partial charge in [-0.3, -0.25) is 14.9 Å². The van der Waals surface area contributed by atoms with Crippen molar-refractivity contribution in [1.82, 2.24) is 5.32 Å². The molecule has 0 saturated heterocycles. The number of anilines is 2. The molecule has 162 valence electrons. The van der Waals surface area contributed by atoms with Gasteiger partial charge in [-0.05, 0) is 56.2 Å². The summed E-state index contributed by atoms with van der Waals surface area (Å²) in [6, 6.07) is 12.8. The molecule has 3 amide bonds. The molecule has 0 bridgehead atoms. The summed E-state index contributed by atoms with van der Waals surface area (Å²) in [7, 11) is 0. The van der Waals surface area contributed by atoms with Gasteiger partial charge in [-0.2, -0.15) is 0 Å². The lowest BCUT2D eigenvalue weighted by Crippen LogP contribution is -2.25. The summed E-state index contributed by atoms with van der Waals surface area (Å²) >= 11 is 0. The lowest BCUT2D eigenvalue weighted by molar-refractivity contribution is -0.119. The van der Waals surface area contributed by atoms with Gasteiger partial charge in [0.25, 0.3) is 11.8 Å². The van der Waals surface area contributed by atoms with Gasteiger partial charge in [-0.1, -0.05) is 12.1 Å². The lowest BCUT2D eigenvalue weighted by atomic mass is 10.2. The normalized spacial score (nSPS) is 12.4. The van der Waals surface area contributed by atoms with Crippen LogP contribution in [0.3, 0.4) is 0 Å². The summed E-state index contributed by atoms with van der Waals surface area (Å²) in [5.41, 5.74) is 1.39. The molecular formula is C22H23N3O6. The molecule has 3 N–H and O–H groups in total. The van der Waals surface area contributed by atoms with E-state index in [9.17, 15) is 19.2 Å². The Hall–Kier alpha value is -3.88. The van der Waals surface area contributed by atoms with Crippen molar-refractivity contribution < 1.29 is 28.7 Å². The van der Waals surface area contributed by atoms with Crippen molar-refractivity contribution in [3.05, 3.63) is 59.7 Å². The molecule has 1 aliphatic carbocycles. The molecule has 31 heavy (non-hydrogen) atoms. The van der Waals surface area contributed by atoms with E-state index >= 15 is 0 Å². The molecule has 0 heterocycles. The average molecular weight is 425 g/mol. The second-order valence-corrected chi connectivity index (χ2v) is 6.88. The minimum atomic E-state index is -0.722. The summed E-state index contributed by atoms with van der Waals surface area (Å²) in [5.74, 6) is -1.46. The van der Waals surface area contributed by atoms with E-state index in [2.05, 4.69) is 16.0 Å². The molecule has 0 aromatic heterocycles. The minimum absolute atomic E-state index is 0.167. The van der Waals surface area contributed by atoms with Crippen molar-refractivity contribution in [3.63, 3.8) is 0 Å². The summed E-state index contributed by atoms with van der Waals surface area (Å²) in [6.07, 6.45) is 1.32. The monoisotopic (exact) mass is 425 g/mol. The van der Waals surface area contributed by atoms with E-state index in [0.29, 0.717) is 16.9 Å². The topological polar surface area (TPSA) is 123 Å². The van der Waals surface area contributed by atoms with Gasteiger partial charge in [0.2, 0.25) is 0 Å². The average Bonchev–Trinajstić information content (AvgIpc) is 3.56. The third-order valence-corrected chi connectivity index (χ3v) is 4.28. The molecule has 0 aliphatic heterocycles. The van der Waals surface area contributed by atoms with Gasteiger partial charge in [0, 0.05) is 23.0 Å². The SMILES string of the molecule is CCOC(=O)Nc1cccc(C(=O)OCC(=O)Nc2cccc(C(=O)NC3CC3)c2)c1. The molecule has 0 radical (unpaired) electrons. The molecule has 2 aromatic carbocycles. The molecule has 0 spiro atoms.